The van der Waals surface area contributed by atoms with E-state index in [9.17, 15) is 0 Å². The summed E-state index contributed by atoms with van der Waals surface area (Å²) in [6.07, 6.45) is 3.59. The molecule has 0 aromatic carbocycles. The molecule has 0 fully saturated rings. The van der Waals surface area contributed by atoms with Gasteiger partial charge in [0.05, 0.1) is 11.4 Å². The molecule has 1 aromatic heterocycles. The van der Waals surface area contributed by atoms with E-state index in [1.807, 2.05) is 19.2 Å². The first-order valence-electron chi connectivity index (χ1n) is 4.95. The quantitative estimate of drug-likeness (QED) is 0.692. The van der Waals surface area contributed by atoms with Crippen LogP contribution in [0.15, 0.2) is 42.3 Å². The number of hydrogen-bond donors (Lipinski definition) is 0. The first-order valence-corrected chi connectivity index (χ1v) is 4.95. The van der Waals surface area contributed by atoms with Crippen molar-refractivity contribution < 1.29 is 0 Å². The molecule has 80 valence electrons. The molecular weight excluding hydrogens is 186 g/mol. The number of nitrogens with zero attached hydrogens (tertiary/aromatic N) is 3. The Bertz CT molecular complexity index is 383. The molecule has 0 atom stereocenters. The van der Waals surface area contributed by atoms with Crippen LogP contribution < -0.4 is 0 Å². The zero-order chi connectivity index (χ0) is 11.4. The van der Waals surface area contributed by atoms with Gasteiger partial charge in [-0.1, -0.05) is 27.0 Å². The van der Waals surface area contributed by atoms with Crippen LogP contribution in [0.3, 0.4) is 0 Å². The standard InChI is InChI=1S/C12H17N3/c1-9(2)12(14-10(3)4)11(5)15-8-6-7-13-15/h6-9H,3,5H2,1-2,4H3. The van der Waals surface area contributed by atoms with Gasteiger partial charge in [0.15, 0.2) is 0 Å². The molecule has 1 rings (SSSR count). The van der Waals surface area contributed by atoms with Crippen molar-refractivity contribution in [3.05, 3.63) is 37.3 Å². The first kappa shape index (κ1) is 11.4. The average molecular weight is 203 g/mol. The molecule has 0 saturated heterocycles. The first-order chi connectivity index (χ1) is 7.02. The second kappa shape index (κ2) is 4.73. The van der Waals surface area contributed by atoms with E-state index in [0.29, 0.717) is 5.92 Å². The highest BCUT2D eigenvalue weighted by atomic mass is 15.3. The Morgan fingerprint density at radius 1 is 1.40 bits per heavy atom. The molecule has 1 aromatic rings. The highest BCUT2D eigenvalue weighted by Crippen LogP contribution is 2.12. The zero-order valence-corrected chi connectivity index (χ0v) is 9.57. The van der Waals surface area contributed by atoms with E-state index in [1.54, 1.807) is 10.9 Å². The van der Waals surface area contributed by atoms with Crippen LogP contribution in [0.1, 0.15) is 20.8 Å². The van der Waals surface area contributed by atoms with Gasteiger partial charge < -0.3 is 0 Å². The average Bonchev–Trinajstić information content (AvgIpc) is 2.65. The van der Waals surface area contributed by atoms with E-state index in [1.165, 1.54) is 0 Å². The minimum atomic E-state index is 0.304. The van der Waals surface area contributed by atoms with E-state index in [-0.39, 0.29) is 0 Å². The summed E-state index contributed by atoms with van der Waals surface area (Å²) in [7, 11) is 0. The smallest absolute Gasteiger partial charge is 0.0791 e. The van der Waals surface area contributed by atoms with Gasteiger partial charge in [0.25, 0.3) is 0 Å². The van der Waals surface area contributed by atoms with Crippen molar-refractivity contribution in [2.45, 2.75) is 20.8 Å². The summed E-state index contributed by atoms with van der Waals surface area (Å²) < 4.78 is 1.72. The second-order valence-electron chi connectivity index (χ2n) is 3.78. The maximum atomic E-state index is 4.39. The topological polar surface area (TPSA) is 30.2 Å². The summed E-state index contributed by atoms with van der Waals surface area (Å²) in [6, 6.07) is 1.86. The number of allylic oxidation sites excluding steroid dienone is 2. The van der Waals surface area contributed by atoms with E-state index in [0.717, 1.165) is 17.1 Å². The summed E-state index contributed by atoms with van der Waals surface area (Å²) in [5, 5.41) is 4.13. The molecule has 0 unspecified atom stereocenters. The molecule has 0 N–H and O–H groups in total. The summed E-state index contributed by atoms with van der Waals surface area (Å²) in [6.45, 7) is 13.8. The molecule has 0 bridgehead atoms. The van der Waals surface area contributed by atoms with Crippen LogP contribution >= 0.6 is 0 Å². The van der Waals surface area contributed by atoms with Crippen LogP contribution in [0.5, 0.6) is 0 Å². The monoisotopic (exact) mass is 203 g/mol. The van der Waals surface area contributed by atoms with Crippen molar-refractivity contribution in [3.8, 4) is 0 Å². The summed E-state index contributed by atoms with van der Waals surface area (Å²) in [5.41, 5.74) is 2.51. The fourth-order valence-electron chi connectivity index (χ4n) is 1.28. The van der Waals surface area contributed by atoms with Gasteiger partial charge in [0.1, 0.15) is 0 Å². The number of hydrogen-bond acceptors (Lipinski definition) is 2. The van der Waals surface area contributed by atoms with Crippen molar-refractivity contribution in [3.63, 3.8) is 0 Å². The molecule has 0 aliphatic heterocycles. The van der Waals surface area contributed by atoms with Gasteiger partial charge in [0, 0.05) is 18.1 Å². The van der Waals surface area contributed by atoms with Crippen LogP contribution in [0.25, 0.3) is 5.70 Å². The summed E-state index contributed by atoms with van der Waals surface area (Å²) >= 11 is 0. The van der Waals surface area contributed by atoms with Crippen LogP contribution in [0, 0.1) is 5.92 Å². The molecular formula is C12H17N3. The van der Waals surface area contributed by atoms with Gasteiger partial charge in [-0.3, -0.25) is 4.99 Å². The van der Waals surface area contributed by atoms with Gasteiger partial charge in [-0.15, -0.1) is 0 Å². The minimum Gasteiger partial charge on any atom is -0.256 e. The maximum Gasteiger partial charge on any atom is 0.0791 e. The van der Waals surface area contributed by atoms with E-state index < -0.39 is 0 Å². The van der Waals surface area contributed by atoms with Crippen LogP contribution in [-0.2, 0) is 0 Å². The molecule has 3 nitrogen and oxygen atoms in total. The molecule has 0 aliphatic carbocycles. The number of rotatable bonds is 4. The third-order valence-electron chi connectivity index (χ3n) is 1.93. The highest BCUT2D eigenvalue weighted by Gasteiger charge is 2.11. The number of aromatic nitrogens is 2. The lowest BCUT2D eigenvalue weighted by atomic mass is 10.1. The molecule has 15 heavy (non-hydrogen) atoms. The Hall–Kier alpha value is -1.64. The van der Waals surface area contributed by atoms with Gasteiger partial charge in [-0.25, -0.2) is 4.68 Å². The highest BCUT2D eigenvalue weighted by molar-refractivity contribution is 6.18. The van der Waals surface area contributed by atoms with Crippen molar-refractivity contribution in [1.29, 1.82) is 0 Å². The third-order valence-corrected chi connectivity index (χ3v) is 1.93. The van der Waals surface area contributed by atoms with Crippen molar-refractivity contribution >= 4 is 11.4 Å². The lowest BCUT2D eigenvalue weighted by Crippen LogP contribution is -2.14. The molecule has 3 heteroatoms. The van der Waals surface area contributed by atoms with Crippen molar-refractivity contribution in [2.24, 2.45) is 10.9 Å². The third kappa shape index (κ3) is 2.91. The van der Waals surface area contributed by atoms with E-state index in [4.69, 9.17) is 0 Å². The molecule has 0 aliphatic rings. The predicted molar refractivity (Wildman–Crippen MR) is 64.6 cm³/mol. The van der Waals surface area contributed by atoms with Gasteiger partial charge >= 0.3 is 0 Å². The van der Waals surface area contributed by atoms with Crippen molar-refractivity contribution in [1.82, 2.24) is 9.78 Å². The normalized spacial score (nSPS) is 11.9. The van der Waals surface area contributed by atoms with Crippen LogP contribution in [0.2, 0.25) is 0 Å². The lowest BCUT2D eigenvalue weighted by Gasteiger charge is -2.13. The SMILES string of the molecule is C=C(C)N=C(C(=C)n1cccn1)C(C)C. The molecule has 0 amide bonds. The summed E-state index contributed by atoms with van der Waals surface area (Å²) in [4.78, 5) is 4.39. The number of aliphatic imine (C=N–C) groups is 1. The van der Waals surface area contributed by atoms with Crippen LogP contribution in [0.4, 0.5) is 0 Å². The van der Waals surface area contributed by atoms with E-state index in [2.05, 4.69) is 37.1 Å². The van der Waals surface area contributed by atoms with Crippen LogP contribution in [-0.4, -0.2) is 15.5 Å². The van der Waals surface area contributed by atoms with Gasteiger partial charge in [-0.2, -0.15) is 5.10 Å². The molecule has 0 saturated carbocycles. The second-order valence-corrected chi connectivity index (χ2v) is 3.78. The van der Waals surface area contributed by atoms with Gasteiger partial charge in [0.2, 0.25) is 0 Å². The molecule has 0 spiro atoms. The largest absolute Gasteiger partial charge is 0.256 e. The van der Waals surface area contributed by atoms with E-state index >= 15 is 0 Å². The molecule has 0 radical (unpaired) electrons. The lowest BCUT2D eigenvalue weighted by molar-refractivity contribution is 0.856. The zero-order valence-electron chi connectivity index (χ0n) is 9.57. The Labute approximate surface area is 90.8 Å². The fourth-order valence-corrected chi connectivity index (χ4v) is 1.28. The Kier molecular flexibility index (Phi) is 3.61. The maximum absolute atomic E-state index is 4.39. The summed E-state index contributed by atoms with van der Waals surface area (Å²) in [5.74, 6) is 0.304. The predicted octanol–water partition coefficient (Wildman–Crippen LogP) is 2.98. The fraction of sp³-hybridized carbons (Fsp3) is 0.333. The Balaban J connectivity index is 3.02. The molecule has 1 heterocycles. The Morgan fingerprint density at radius 2 is 2.07 bits per heavy atom. The Morgan fingerprint density at radius 3 is 2.47 bits per heavy atom. The van der Waals surface area contributed by atoms with Crippen molar-refractivity contribution in [2.75, 3.05) is 0 Å². The van der Waals surface area contributed by atoms with Gasteiger partial charge in [-0.05, 0) is 18.9 Å². The minimum absolute atomic E-state index is 0.304.